The van der Waals surface area contributed by atoms with Crippen LogP contribution in [0.25, 0.3) is 0 Å². The Morgan fingerprint density at radius 3 is 3.00 bits per heavy atom. The van der Waals surface area contributed by atoms with Crippen molar-refractivity contribution in [2.45, 2.75) is 25.3 Å². The van der Waals surface area contributed by atoms with Gasteiger partial charge in [-0.1, -0.05) is 12.1 Å². The molecular weight excluding hydrogens is 355 g/mol. The third-order valence-corrected chi connectivity index (χ3v) is 5.76. The zero-order chi connectivity index (χ0) is 18.3. The van der Waals surface area contributed by atoms with E-state index < -0.39 is 19.0 Å². The summed E-state index contributed by atoms with van der Waals surface area (Å²) in [6.45, 7) is 1.61. The number of carbonyl (C=O) groups is 2. The van der Waals surface area contributed by atoms with Crippen molar-refractivity contribution in [3.63, 3.8) is 0 Å². The summed E-state index contributed by atoms with van der Waals surface area (Å²) >= 11 is 1.55. The molecule has 1 aromatic carbocycles. The van der Waals surface area contributed by atoms with Crippen molar-refractivity contribution in [1.29, 1.82) is 0 Å². The number of nitrogens with one attached hydrogen (secondary N) is 2. The van der Waals surface area contributed by atoms with Gasteiger partial charge in [0.25, 0.3) is 5.91 Å². The SMILES string of the molecule is O=C(N[C@H]1Cc2cccc(C(=O)O)c2OB1O)c1csc2c1CCNC2. The maximum atomic E-state index is 12.7. The van der Waals surface area contributed by atoms with Crippen molar-refractivity contribution in [3.8, 4) is 5.75 Å². The predicted octanol–water partition coefficient (Wildman–Crippen LogP) is 0.845. The number of aromatic carboxylic acids is 1. The number of amides is 1. The molecule has 134 valence electrons. The molecule has 0 saturated heterocycles. The number of hydrogen-bond donors (Lipinski definition) is 4. The van der Waals surface area contributed by atoms with E-state index in [1.54, 1.807) is 23.5 Å². The van der Waals surface area contributed by atoms with Crippen LogP contribution in [0.5, 0.6) is 5.75 Å². The van der Waals surface area contributed by atoms with Crippen LogP contribution in [-0.2, 0) is 19.4 Å². The average molecular weight is 372 g/mol. The molecule has 3 heterocycles. The van der Waals surface area contributed by atoms with E-state index in [1.807, 2.05) is 5.38 Å². The van der Waals surface area contributed by atoms with Gasteiger partial charge in [0.1, 0.15) is 5.75 Å². The normalized spacial score (nSPS) is 18.5. The molecule has 0 bridgehead atoms. The van der Waals surface area contributed by atoms with Crippen LogP contribution in [0, 0.1) is 0 Å². The Hall–Kier alpha value is -2.36. The molecule has 7 nitrogen and oxygen atoms in total. The number of fused-ring (bicyclic) bond motifs is 2. The van der Waals surface area contributed by atoms with Crippen molar-refractivity contribution in [1.82, 2.24) is 10.6 Å². The van der Waals surface area contributed by atoms with E-state index in [9.17, 15) is 19.7 Å². The highest BCUT2D eigenvalue weighted by Gasteiger charge is 2.38. The fourth-order valence-corrected chi connectivity index (χ4v) is 4.46. The second kappa shape index (κ2) is 6.75. The van der Waals surface area contributed by atoms with Gasteiger partial charge in [0.05, 0.1) is 17.1 Å². The van der Waals surface area contributed by atoms with Crippen LogP contribution in [0.2, 0.25) is 0 Å². The number of para-hydroxylation sites is 1. The van der Waals surface area contributed by atoms with Crippen LogP contribution in [0.3, 0.4) is 0 Å². The molecule has 1 aromatic heterocycles. The van der Waals surface area contributed by atoms with Gasteiger partial charge in [-0.05, 0) is 36.6 Å². The van der Waals surface area contributed by atoms with Crippen LogP contribution in [0.4, 0.5) is 0 Å². The Morgan fingerprint density at radius 2 is 2.19 bits per heavy atom. The summed E-state index contributed by atoms with van der Waals surface area (Å²) in [5.41, 5.74) is 2.36. The number of hydrogen-bond acceptors (Lipinski definition) is 6. The van der Waals surface area contributed by atoms with Crippen LogP contribution in [-0.4, -0.2) is 41.6 Å². The van der Waals surface area contributed by atoms with E-state index >= 15 is 0 Å². The fourth-order valence-electron chi connectivity index (χ4n) is 3.41. The lowest BCUT2D eigenvalue weighted by Crippen LogP contribution is -2.53. The number of carboxylic acid groups (broad SMARTS) is 1. The zero-order valence-electron chi connectivity index (χ0n) is 13.8. The first-order valence-electron chi connectivity index (χ1n) is 8.35. The summed E-state index contributed by atoms with van der Waals surface area (Å²) in [4.78, 5) is 25.2. The van der Waals surface area contributed by atoms with Gasteiger partial charge in [0.15, 0.2) is 0 Å². The van der Waals surface area contributed by atoms with Gasteiger partial charge in [-0.2, -0.15) is 0 Å². The molecule has 1 amide bonds. The predicted molar refractivity (Wildman–Crippen MR) is 96.7 cm³/mol. The maximum Gasteiger partial charge on any atom is 0.547 e. The first-order valence-corrected chi connectivity index (χ1v) is 9.23. The molecule has 9 heteroatoms. The Balaban J connectivity index is 1.54. The summed E-state index contributed by atoms with van der Waals surface area (Å²) in [6.07, 6.45) is 1.10. The third-order valence-electron chi connectivity index (χ3n) is 4.73. The average Bonchev–Trinajstić information content (AvgIpc) is 3.06. The molecule has 0 unspecified atom stereocenters. The molecule has 2 aliphatic heterocycles. The molecule has 0 radical (unpaired) electrons. The highest BCUT2D eigenvalue weighted by molar-refractivity contribution is 7.10. The largest absolute Gasteiger partial charge is 0.547 e. The number of carboxylic acids is 1. The molecule has 0 spiro atoms. The molecule has 26 heavy (non-hydrogen) atoms. The smallest absolute Gasteiger partial charge is 0.534 e. The van der Waals surface area contributed by atoms with Crippen molar-refractivity contribution in [2.24, 2.45) is 0 Å². The monoisotopic (exact) mass is 372 g/mol. The second-order valence-corrected chi connectivity index (χ2v) is 7.33. The topological polar surface area (TPSA) is 108 Å². The van der Waals surface area contributed by atoms with E-state index in [-0.39, 0.29) is 17.2 Å². The fraction of sp³-hybridized carbons (Fsp3) is 0.294. The van der Waals surface area contributed by atoms with E-state index in [0.717, 1.165) is 25.1 Å². The van der Waals surface area contributed by atoms with Gasteiger partial charge in [0, 0.05) is 16.8 Å². The van der Waals surface area contributed by atoms with Crippen LogP contribution < -0.4 is 15.3 Å². The molecule has 2 aromatic rings. The Labute approximate surface area is 154 Å². The first kappa shape index (κ1) is 17.1. The standard InChI is InChI=1S/C17H17BN2O5S/c21-16(12-8-26-13-7-19-5-4-10(12)13)20-14-6-9-2-1-3-11(17(22)23)15(9)25-18(14)24/h1-3,8,14,19,24H,4-7H2,(H,20,21)(H,22,23)/t14-/m0/s1. The summed E-state index contributed by atoms with van der Waals surface area (Å²) in [6, 6.07) is 4.80. The van der Waals surface area contributed by atoms with Crippen molar-refractivity contribution >= 4 is 30.3 Å². The van der Waals surface area contributed by atoms with Crippen LogP contribution in [0.1, 0.15) is 36.7 Å². The van der Waals surface area contributed by atoms with Crippen molar-refractivity contribution < 1.29 is 24.4 Å². The Bertz CT molecular complexity index is 884. The quantitative estimate of drug-likeness (QED) is 0.595. The van der Waals surface area contributed by atoms with Gasteiger partial charge in [0.2, 0.25) is 0 Å². The van der Waals surface area contributed by atoms with E-state index in [1.165, 1.54) is 10.9 Å². The molecule has 0 aliphatic carbocycles. The first-order chi connectivity index (χ1) is 12.5. The maximum absolute atomic E-state index is 12.7. The number of thiophene rings is 1. The number of carbonyl (C=O) groups excluding carboxylic acids is 1. The van der Waals surface area contributed by atoms with Gasteiger partial charge in [-0.25, -0.2) is 4.79 Å². The molecule has 2 aliphatic rings. The molecular formula is C17H17BN2O5S. The van der Waals surface area contributed by atoms with Gasteiger partial charge < -0.3 is 25.4 Å². The van der Waals surface area contributed by atoms with Gasteiger partial charge >= 0.3 is 13.1 Å². The Morgan fingerprint density at radius 1 is 1.35 bits per heavy atom. The zero-order valence-corrected chi connectivity index (χ0v) is 14.6. The number of rotatable bonds is 3. The van der Waals surface area contributed by atoms with Gasteiger partial charge in [-0.3, -0.25) is 4.79 Å². The highest BCUT2D eigenvalue weighted by atomic mass is 32.1. The minimum atomic E-state index is -1.30. The number of benzene rings is 1. The van der Waals surface area contributed by atoms with Crippen LogP contribution in [0.15, 0.2) is 23.6 Å². The van der Waals surface area contributed by atoms with Crippen molar-refractivity contribution in [3.05, 3.63) is 50.7 Å². The third kappa shape index (κ3) is 2.98. The summed E-state index contributed by atoms with van der Waals surface area (Å²) < 4.78 is 5.42. The van der Waals surface area contributed by atoms with E-state index in [4.69, 9.17) is 4.65 Å². The molecule has 4 rings (SSSR count). The second-order valence-electron chi connectivity index (χ2n) is 6.37. The Kier molecular flexibility index (Phi) is 4.43. The lowest BCUT2D eigenvalue weighted by molar-refractivity contribution is 0.0693. The van der Waals surface area contributed by atoms with E-state index in [0.29, 0.717) is 17.5 Å². The van der Waals surface area contributed by atoms with Gasteiger partial charge in [-0.15, -0.1) is 11.3 Å². The molecule has 0 fully saturated rings. The van der Waals surface area contributed by atoms with Crippen molar-refractivity contribution in [2.75, 3.05) is 6.54 Å². The summed E-state index contributed by atoms with van der Waals surface area (Å²) in [5, 5.41) is 27.5. The minimum absolute atomic E-state index is 0.00531. The lowest BCUT2D eigenvalue weighted by atomic mass is 9.72. The molecule has 0 saturated carbocycles. The summed E-state index contributed by atoms with van der Waals surface area (Å²) in [7, 11) is -1.30. The minimum Gasteiger partial charge on any atom is -0.534 e. The molecule has 1 atom stereocenters. The lowest BCUT2D eigenvalue weighted by Gasteiger charge is -2.29. The van der Waals surface area contributed by atoms with E-state index in [2.05, 4.69) is 10.6 Å². The van der Waals surface area contributed by atoms with Crippen LogP contribution >= 0.6 is 11.3 Å². The highest BCUT2D eigenvalue weighted by Crippen LogP contribution is 2.31. The molecule has 4 N–H and O–H groups in total. The summed E-state index contributed by atoms with van der Waals surface area (Å²) in [5.74, 6) is -1.83.